The van der Waals surface area contributed by atoms with Crippen molar-refractivity contribution in [1.82, 2.24) is 14.3 Å². The minimum absolute atomic E-state index is 0.0688. The van der Waals surface area contributed by atoms with Crippen LogP contribution in [0.25, 0.3) is 16.9 Å². The molecule has 39 heavy (non-hydrogen) atoms. The Kier molecular flexibility index (Phi) is 7.86. The van der Waals surface area contributed by atoms with Gasteiger partial charge in [0, 0.05) is 31.3 Å². The van der Waals surface area contributed by atoms with Gasteiger partial charge in [0.05, 0.1) is 48.7 Å². The molecule has 4 rings (SSSR count). The van der Waals surface area contributed by atoms with E-state index in [1.807, 2.05) is 13.0 Å². The summed E-state index contributed by atoms with van der Waals surface area (Å²) in [5.41, 5.74) is 0.0578. The van der Waals surface area contributed by atoms with Crippen LogP contribution in [0.4, 0.5) is 19.3 Å². The van der Waals surface area contributed by atoms with Crippen LogP contribution in [0, 0.1) is 24.0 Å². The van der Waals surface area contributed by atoms with Crippen molar-refractivity contribution in [3.8, 4) is 11.3 Å². The number of aromatic nitrogens is 2. The lowest BCUT2D eigenvalue weighted by Crippen LogP contribution is -2.46. The number of hydrogen-bond donors (Lipinski definition) is 2. The predicted molar refractivity (Wildman–Crippen MR) is 137 cm³/mol. The van der Waals surface area contributed by atoms with Gasteiger partial charge in [0.15, 0.2) is 0 Å². The first-order valence-corrected chi connectivity index (χ1v) is 12.3. The van der Waals surface area contributed by atoms with Crippen molar-refractivity contribution < 1.29 is 37.7 Å². The average molecular weight is 545 g/mol. The molecule has 0 radical (unpaired) electrons. The number of morpholine rings is 1. The van der Waals surface area contributed by atoms with E-state index in [9.17, 15) is 19.5 Å². The van der Waals surface area contributed by atoms with E-state index in [2.05, 4.69) is 10.3 Å². The van der Waals surface area contributed by atoms with Crippen LogP contribution in [-0.4, -0.2) is 70.3 Å². The van der Waals surface area contributed by atoms with Crippen molar-refractivity contribution in [2.75, 3.05) is 32.1 Å². The number of anilines is 1. The van der Waals surface area contributed by atoms with Crippen LogP contribution in [-0.2, 0) is 25.5 Å². The molecule has 0 bridgehead atoms. The largest absolute Gasteiger partial charge is 0.481 e. The van der Waals surface area contributed by atoms with Gasteiger partial charge in [0.25, 0.3) is 0 Å². The standard InChI is InChI=1S/C27H30F2N4O6/c1-15-5-6-33-20(12-17-14-32(7-8-39-17)26(37)38-4)24(31-21(33)9-15)23-18(28)10-16(11-19(23)29)30-22(34)13-27(2,3)25(35)36/h5-6,9-11,17H,7-8,12-14H2,1-4H3,(H,30,34)(H,35,36). The van der Waals surface area contributed by atoms with E-state index in [-0.39, 0.29) is 42.9 Å². The van der Waals surface area contributed by atoms with E-state index in [0.717, 1.165) is 17.7 Å². The Labute approximate surface area is 223 Å². The van der Waals surface area contributed by atoms with Gasteiger partial charge in [-0.25, -0.2) is 18.6 Å². The average Bonchev–Trinajstić information content (AvgIpc) is 3.19. The molecule has 0 spiro atoms. The van der Waals surface area contributed by atoms with Crippen molar-refractivity contribution in [2.24, 2.45) is 5.41 Å². The summed E-state index contributed by atoms with van der Waals surface area (Å²) in [5, 5.41) is 11.6. The highest BCUT2D eigenvalue weighted by Gasteiger charge is 2.31. The molecule has 208 valence electrons. The summed E-state index contributed by atoms with van der Waals surface area (Å²) >= 11 is 0. The Bertz CT molecular complexity index is 1410. The molecular weight excluding hydrogens is 514 g/mol. The van der Waals surface area contributed by atoms with Gasteiger partial charge in [-0.05, 0) is 50.6 Å². The van der Waals surface area contributed by atoms with Gasteiger partial charge >= 0.3 is 12.1 Å². The first-order valence-electron chi connectivity index (χ1n) is 12.3. The fourth-order valence-corrected chi connectivity index (χ4v) is 4.50. The van der Waals surface area contributed by atoms with Crippen LogP contribution in [0.2, 0.25) is 0 Å². The van der Waals surface area contributed by atoms with E-state index in [0.29, 0.717) is 17.9 Å². The van der Waals surface area contributed by atoms with Gasteiger partial charge in [-0.1, -0.05) is 0 Å². The molecule has 2 N–H and O–H groups in total. The normalized spacial score (nSPS) is 15.8. The number of amides is 2. The molecule has 1 fully saturated rings. The number of fused-ring (bicyclic) bond motifs is 1. The smallest absolute Gasteiger partial charge is 0.409 e. The van der Waals surface area contributed by atoms with Crippen LogP contribution in [0.1, 0.15) is 31.5 Å². The second-order valence-corrected chi connectivity index (χ2v) is 10.2. The van der Waals surface area contributed by atoms with Crippen LogP contribution in [0.15, 0.2) is 30.5 Å². The number of ether oxygens (including phenoxy) is 2. The molecule has 3 heterocycles. The fourth-order valence-electron chi connectivity index (χ4n) is 4.50. The van der Waals surface area contributed by atoms with Crippen molar-refractivity contribution in [3.63, 3.8) is 0 Å². The lowest BCUT2D eigenvalue weighted by atomic mass is 9.89. The first-order chi connectivity index (χ1) is 18.4. The van der Waals surface area contributed by atoms with Gasteiger partial charge < -0.3 is 29.2 Å². The number of nitrogens with zero attached hydrogens (tertiary/aromatic N) is 3. The van der Waals surface area contributed by atoms with E-state index in [4.69, 9.17) is 9.47 Å². The highest BCUT2D eigenvalue weighted by molar-refractivity contribution is 5.94. The van der Waals surface area contributed by atoms with Crippen LogP contribution < -0.4 is 5.32 Å². The zero-order chi connectivity index (χ0) is 28.5. The van der Waals surface area contributed by atoms with Gasteiger partial charge in [-0.3, -0.25) is 9.59 Å². The third-order valence-corrected chi connectivity index (χ3v) is 6.62. The molecular formula is C27H30F2N4O6. The summed E-state index contributed by atoms with van der Waals surface area (Å²) in [6.07, 6.45) is 0.618. The maximum atomic E-state index is 15.5. The lowest BCUT2D eigenvalue weighted by Gasteiger charge is -2.32. The third kappa shape index (κ3) is 6.00. The molecule has 10 nitrogen and oxygen atoms in total. The number of methoxy groups -OCH3 is 1. The monoisotopic (exact) mass is 544 g/mol. The fraction of sp³-hybridized carbons (Fsp3) is 0.407. The Morgan fingerprint density at radius 3 is 2.56 bits per heavy atom. The van der Waals surface area contributed by atoms with Crippen LogP contribution >= 0.6 is 0 Å². The molecule has 12 heteroatoms. The zero-order valence-electron chi connectivity index (χ0n) is 22.1. The second kappa shape index (κ2) is 11.0. The van der Waals surface area contributed by atoms with Crippen molar-refractivity contribution in [2.45, 2.75) is 39.7 Å². The number of carbonyl (C=O) groups excluding carboxylic acids is 2. The molecule has 2 amide bonds. The molecule has 1 aliphatic rings. The van der Waals surface area contributed by atoms with Gasteiger partial charge in [0.1, 0.15) is 17.3 Å². The number of aliphatic carboxylic acids is 1. The Morgan fingerprint density at radius 1 is 1.23 bits per heavy atom. The maximum Gasteiger partial charge on any atom is 0.409 e. The molecule has 2 aromatic heterocycles. The van der Waals surface area contributed by atoms with Crippen molar-refractivity contribution in [3.05, 3.63) is 53.4 Å². The Hall–Kier alpha value is -4.06. The van der Waals surface area contributed by atoms with E-state index >= 15 is 8.78 Å². The van der Waals surface area contributed by atoms with Gasteiger partial charge in [-0.2, -0.15) is 0 Å². The molecule has 1 aromatic carbocycles. The second-order valence-electron chi connectivity index (χ2n) is 10.2. The highest BCUT2D eigenvalue weighted by Crippen LogP contribution is 2.33. The molecule has 3 aromatic rings. The number of rotatable bonds is 7. The number of carbonyl (C=O) groups is 3. The maximum absolute atomic E-state index is 15.5. The van der Waals surface area contributed by atoms with Gasteiger partial charge in [-0.15, -0.1) is 0 Å². The summed E-state index contributed by atoms with van der Waals surface area (Å²) in [6, 6.07) is 5.57. The topological polar surface area (TPSA) is 122 Å². The minimum Gasteiger partial charge on any atom is -0.481 e. The minimum atomic E-state index is -1.35. The number of hydrogen-bond acceptors (Lipinski definition) is 6. The number of halogens is 2. The Balaban J connectivity index is 1.68. The lowest BCUT2D eigenvalue weighted by molar-refractivity contribution is -0.148. The highest BCUT2D eigenvalue weighted by atomic mass is 19.1. The van der Waals surface area contributed by atoms with Crippen LogP contribution in [0.5, 0.6) is 0 Å². The van der Waals surface area contributed by atoms with Crippen molar-refractivity contribution >= 4 is 29.3 Å². The van der Waals surface area contributed by atoms with Gasteiger partial charge in [0.2, 0.25) is 5.91 Å². The molecule has 0 aliphatic carbocycles. The third-order valence-electron chi connectivity index (χ3n) is 6.62. The summed E-state index contributed by atoms with van der Waals surface area (Å²) in [6.45, 7) is 5.51. The summed E-state index contributed by atoms with van der Waals surface area (Å²) < 4.78 is 43.3. The van der Waals surface area contributed by atoms with E-state index < -0.39 is 41.1 Å². The quantitative estimate of drug-likeness (QED) is 0.460. The predicted octanol–water partition coefficient (Wildman–Crippen LogP) is 4.04. The number of aryl methyl sites for hydroxylation is 1. The number of imidazole rings is 1. The summed E-state index contributed by atoms with van der Waals surface area (Å²) in [5.74, 6) is -3.77. The number of carboxylic acids is 1. The summed E-state index contributed by atoms with van der Waals surface area (Å²) in [4.78, 5) is 41.7. The number of carboxylic acid groups (broad SMARTS) is 1. The molecule has 1 atom stereocenters. The SMILES string of the molecule is COC(=O)N1CCOC(Cc2c(-c3c(F)cc(NC(=O)CC(C)(C)C(=O)O)cc3F)nc3cc(C)ccn23)C1. The first kappa shape index (κ1) is 28.0. The number of benzene rings is 1. The molecule has 1 unspecified atom stereocenters. The zero-order valence-corrected chi connectivity index (χ0v) is 22.1. The van der Waals surface area contributed by atoms with E-state index in [1.54, 1.807) is 16.7 Å². The van der Waals surface area contributed by atoms with Crippen LogP contribution in [0.3, 0.4) is 0 Å². The molecule has 1 saturated heterocycles. The number of nitrogens with one attached hydrogen (secondary N) is 1. The summed E-state index contributed by atoms with van der Waals surface area (Å²) in [7, 11) is 1.29. The number of pyridine rings is 1. The molecule has 0 saturated carbocycles. The Morgan fingerprint density at radius 2 is 1.92 bits per heavy atom. The van der Waals surface area contributed by atoms with Crippen molar-refractivity contribution in [1.29, 1.82) is 0 Å². The van der Waals surface area contributed by atoms with E-state index in [1.165, 1.54) is 25.9 Å². The molecule has 1 aliphatic heterocycles.